The van der Waals surface area contributed by atoms with Gasteiger partial charge in [-0.1, -0.05) is 171 Å². The van der Waals surface area contributed by atoms with Crippen molar-refractivity contribution in [2.24, 2.45) is 0 Å². The highest BCUT2D eigenvalue weighted by Gasteiger charge is 2.29. The lowest BCUT2D eigenvalue weighted by molar-refractivity contribution is 1.67. The fraction of sp³-hybridized carbons (Fsp3) is 0.176. The highest BCUT2D eigenvalue weighted by Crippen LogP contribution is 2.45. The Morgan fingerprint density at radius 1 is 0.436 bits per heavy atom. The normalized spacial score (nSPS) is 13.2. The van der Waals surface area contributed by atoms with E-state index in [-0.39, 0.29) is 0 Å². The van der Waals surface area contributed by atoms with Gasteiger partial charge in [0.1, 0.15) is 0 Å². The van der Waals surface area contributed by atoms with Crippen LogP contribution in [0.15, 0.2) is 115 Å². The molecule has 0 N–H and O–H groups in total. The van der Waals surface area contributed by atoms with Crippen molar-refractivity contribution in [1.82, 2.24) is 0 Å². The van der Waals surface area contributed by atoms with Crippen molar-refractivity contribution in [3.8, 4) is 22.3 Å². The second kappa shape index (κ2) is 11.7. The minimum absolute atomic E-state index is 0.731. The highest BCUT2D eigenvalue weighted by molar-refractivity contribution is 7.92. The zero-order valence-corrected chi connectivity index (χ0v) is 28.5. The maximum atomic E-state index is 2.49. The fourth-order valence-electron chi connectivity index (χ4n) is 4.68. The van der Waals surface area contributed by atoms with Crippen molar-refractivity contribution < 1.29 is 0 Å². The van der Waals surface area contributed by atoms with Crippen LogP contribution >= 0.6 is 24.3 Å². The predicted molar refractivity (Wildman–Crippen MR) is 187 cm³/mol. The lowest BCUT2D eigenvalue weighted by atomic mass is 10.1. The zero-order chi connectivity index (χ0) is 27.6. The van der Waals surface area contributed by atoms with Gasteiger partial charge >= 0.3 is 0 Å². The van der Waals surface area contributed by atoms with Crippen LogP contribution in [0.3, 0.4) is 0 Å². The molecule has 2 heterocycles. The van der Waals surface area contributed by atoms with Gasteiger partial charge in [-0.2, -0.15) is 0 Å². The molecule has 0 nitrogen and oxygen atoms in total. The summed E-state index contributed by atoms with van der Waals surface area (Å²) in [6, 6.07) is 43.3. The molecule has 39 heavy (non-hydrogen) atoms. The highest BCUT2D eigenvalue weighted by atomic mass is 31.2. The minimum atomic E-state index is -1.49. The summed E-state index contributed by atoms with van der Waals surface area (Å²) in [7, 11) is -0.883. The van der Waals surface area contributed by atoms with Crippen LogP contribution < -0.4 is 25.2 Å². The first-order valence-electron chi connectivity index (χ1n) is 13.6. The van der Waals surface area contributed by atoms with Crippen molar-refractivity contribution in [2.75, 3.05) is 0 Å². The van der Waals surface area contributed by atoms with Crippen molar-refractivity contribution in [2.45, 2.75) is 39.3 Å². The first kappa shape index (κ1) is 28.4. The van der Waals surface area contributed by atoms with E-state index in [1.807, 2.05) is 0 Å². The van der Waals surface area contributed by atoms with E-state index in [9.17, 15) is 0 Å². The monoisotopic (exact) mass is 594 g/mol. The van der Waals surface area contributed by atoms with Crippen molar-refractivity contribution >= 4 is 65.7 Å². The molecule has 0 aliphatic carbocycles. The number of rotatable bonds is 7. The molecule has 0 spiro atoms. The summed E-state index contributed by atoms with van der Waals surface area (Å²) >= 11 is 0. The summed E-state index contributed by atoms with van der Waals surface area (Å²) in [5.74, 6) is 0. The van der Waals surface area contributed by atoms with Gasteiger partial charge in [0.05, 0.1) is 16.1 Å². The van der Waals surface area contributed by atoms with Crippen LogP contribution in [0.5, 0.6) is 0 Å². The molecule has 0 atom stereocenters. The quantitative estimate of drug-likeness (QED) is 0.130. The van der Waals surface area contributed by atoms with Crippen LogP contribution in [0, 0.1) is 0 Å². The topological polar surface area (TPSA) is 0 Å². The second-order valence-electron chi connectivity index (χ2n) is 12.0. The molecule has 0 aliphatic rings. The maximum Gasteiger partial charge on any atom is 0.0835 e. The predicted octanol–water partition coefficient (Wildman–Crippen LogP) is 9.03. The number of hydrogen-bond acceptors (Lipinski definition) is 0. The van der Waals surface area contributed by atoms with Crippen LogP contribution in [-0.4, -0.2) is 16.1 Å². The lowest BCUT2D eigenvalue weighted by Gasteiger charge is -2.28. The second-order valence-corrected chi connectivity index (χ2v) is 28.0. The molecule has 0 bridgehead atoms. The van der Waals surface area contributed by atoms with Crippen LogP contribution in [0.4, 0.5) is 0 Å². The Morgan fingerprint density at radius 2 is 0.795 bits per heavy atom. The molecule has 2 aromatic heterocycles. The van der Waals surface area contributed by atoms with E-state index in [1.165, 1.54) is 43.9 Å². The molecule has 0 saturated carbocycles. The van der Waals surface area contributed by atoms with Gasteiger partial charge in [0.25, 0.3) is 0 Å². The van der Waals surface area contributed by atoms with Gasteiger partial charge in [0, 0.05) is 10.1 Å². The number of benzene rings is 3. The zero-order valence-electron chi connectivity index (χ0n) is 23.8. The summed E-state index contributed by atoms with van der Waals surface area (Å²) in [5, 5.41) is 4.63. The molecule has 0 unspecified atom stereocenters. The largest absolute Gasteiger partial charge is 0.0835 e. The van der Waals surface area contributed by atoms with Gasteiger partial charge in [-0.15, -0.1) is 0 Å². The molecular formula is C34H37P3Si2. The van der Waals surface area contributed by atoms with Gasteiger partial charge in [-0.3, -0.25) is 0 Å². The van der Waals surface area contributed by atoms with E-state index in [2.05, 4.69) is 155 Å². The fourth-order valence-corrected chi connectivity index (χ4v) is 16.2. The molecule has 0 saturated heterocycles. The molecule has 3 aromatic carbocycles. The average molecular weight is 595 g/mol. The van der Waals surface area contributed by atoms with Crippen LogP contribution in [-0.2, 0) is 0 Å². The third-order valence-corrected chi connectivity index (χ3v) is 20.6. The lowest BCUT2D eigenvalue weighted by Crippen LogP contribution is -2.38. The van der Waals surface area contributed by atoms with E-state index in [1.54, 1.807) is 19.9 Å². The average Bonchev–Trinajstić information content (AvgIpc) is 2.94. The SMILES string of the molecule is C[Si](C)(C)c1ccc(-c2ccccc2)c(P(c2ccccc2)c2pc([Si](C)(C)C)ccc2-c2ccccc2)p1. The molecule has 5 rings (SSSR count). The van der Waals surface area contributed by atoms with Crippen LogP contribution in [0.2, 0.25) is 39.3 Å². The molecule has 0 radical (unpaired) electrons. The Kier molecular flexibility index (Phi) is 8.54. The first-order valence-corrected chi connectivity index (χ1v) is 23.7. The van der Waals surface area contributed by atoms with Gasteiger partial charge < -0.3 is 0 Å². The minimum Gasteiger partial charge on any atom is -0.0676 e. The molecule has 0 fully saturated rings. The van der Waals surface area contributed by atoms with Gasteiger partial charge in [0.2, 0.25) is 0 Å². The van der Waals surface area contributed by atoms with E-state index in [0.717, 1.165) is 0 Å². The summed E-state index contributed by atoms with van der Waals surface area (Å²) in [6.45, 7) is 14.9. The summed E-state index contributed by atoms with van der Waals surface area (Å²) in [4.78, 5) is 3.25. The molecule has 0 aliphatic heterocycles. The Balaban J connectivity index is 1.88. The summed E-state index contributed by atoms with van der Waals surface area (Å²) in [6.07, 6.45) is 0. The van der Waals surface area contributed by atoms with Crippen molar-refractivity contribution in [3.63, 3.8) is 0 Å². The van der Waals surface area contributed by atoms with Crippen molar-refractivity contribution in [1.29, 1.82) is 0 Å². The standard InChI is InChI=1S/C34H37P3Si2/c1-38(2,3)31-24-22-29(26-16-10-7-11-17-26)33(35-31)37(28-20-14-9-15-21-28)34-30(27-18-12-8-13-19-27)23-25-32(36-34)39(4,5)6/h7-25H,1-6H3. The number of hydrogen-bond donors (Lipinski definition) is 0. The van der Waals surface area contributed by atoms with E-state index in [4.69, 9.17) is 0 Å². The molecule has 5 aromatic rings. The van der Waals surface area contributed by atoms with Crippen LogP contribution in [0.1, 0.15) is 0 Å². The van der Waals surface area contributed by atoms with Gasteiger partial charge in [-0.05, 0) is 45.3 Å². The van der Waals surface area contributed by atoms with Gasteiger partial charge in [0.15, 0.2) is 0 Å². The molecule has 196 valence electrons. The Morgan fingerprint density at radius 3 is 1.15 bits per heavy atom. The third-order valence-electron chi connectivity index (χ3n) is 6.89. The van der Waals surface area contributed by atoms with Crippen LogP contribution in [0.25, 0.3) is 22.3 Å². The Labute approximate surface area is 241 Å². The van der Waals surface area contributed by atoms with Gasteiger partial charge in [-0.25, -0.2) is 0 Å². The van der Waals surface area contributed by atoms with Crippen molar-refractivity contribution in [3.05, 3.63) is 115 Å². The summed E-state index contributed by atoms with van der Waals surface area (Å²) in [5.41, 5.74) is 5.48. The third kappa shape index (κ3) is 6.43. The molecule has 5 heteroatoms. The Hall–Kier alpha value is -2.18. The smallest absolute Gasteiger partial charge is 0.0676 e. The van der Waals surface area contributed by atoms with E-state index in [0.29, 0.717) is 0 Å². The Bertz CT molecular complexity index is 1450. The first-order chi connectivity index (χ1) is 18.6. The maximum absolute atomic E-state index is 2.49. The molecular weight excluding hydrogens is 557 g/mol. The molecule has 0 amide bonds. The van der Waals surface area contributed by atoms with E-state index >= 15 is 0 Å². The summed E-state index contributed by atoms with van der Waals surface area (Å²) < 4.78 is 0. The van der Waals surface area contributed by atoms with E-state index < -0.39 is 24.1 Å².